The predicted molar refractivity (Wildman–Crippen MR) is 93.1 cm³/mol. The summed E-state index contributed by atoms with van der Waals surface area (Å²) in [7, 11) is 0. The van der Waals surface area contributed by atoms with Gasteiger partial charge in [-0.15, -0.1) is 0 Å². The van der Waals surface area contributed by atoms with Crippen molar-refractivity contribution in [1.29, 1.82) is 0 Å². The molecule has 1 rings (SSSR count). The Balaban J connectivity index is 1.85. The number of ether oxygens (including phenoxy) is 1. The molecule has 4 nitrogen and oxygen atoms in total. The van der Waals surface area contributed by atoms with Gasteiger partial charge in [0.25, 0.3) is 0 Å². The molecule has 0 aliphatic carbocycles. The molecule has 1 heterocycles. The maximum Gasteiger partial charge on any atom is 0.328 e. The van der Waals surface area contributed by atoms with Crippen LogP contribution in [0.15, 0.2) is 12.2 Å². The van der Waals surface area contributed by atoms with E-state index in [0.29, 0.717) is 19.4 Å². The lowest BCUT2D eigenvalue weighted by molar-refractivity contribution is -0.146. The first-order valence-electron chi connectivity index (χ1n) is 9.35. The van der Waals surface area contributed by atoms with Crippen LogP contribution in [-0.2, 0) is 14.3 Å². The lowest BCUT2D eigenvalue weighted by Gasteiger charge is -2.08. The van der Waals surface area contributed by atoms with Gasteiger partial charge < -0.3 is 10.1 Å². The molecule has 1 fully saturated rings. The Labute approximate surface area is 141 Å². The topological polar surface area (TPSA) is 55.4 Å². The fraction of sp³-hybridized carbons (Fsp3) is 0.789. The highest BCUT2D eigenvalue weighted by atomic mass is 16.5. The lowest BCUT2D eigenvalue weighted by Crippen LogP contribution is -2.34. The monoisotopic (exact) mass is 323 g/mol. The zero-order valence-corrected chi connectivity index (χ0v) is 14.6. The Morgan fingerprint density at radius 2 is 1.74 bits per heavy atom. The number of unbranched alkanes of at least 4 members (excludes halogenated alkanes) is 8. The fourth-order valence-corrected chi connectivity index (χ4v) is 2.75. The minimum Gasteiger partial charge on any atom is -0.464 e. The van der Waals surface area contributed by atoms with E-state index in [1.165, 1.54) is 51.4 Å². The van der Waals surface area contributed by atoms with Crippen LogP contribution in [-0.4, -0.2) is 24.5 Å². The number of nitrogens with one attached hydrogen (secondary N) is 1. The first-order valence-corrected chi connectivity index (χ1v) is 9.35. The van der Waals surface area contributed by atoms with Crippen molar-refractivity contribution in [2.75, 3.05) is 6.61 Å². The predicted octanol–water partition coefficient (Wildman–Crippen LogP) is 4.29. The molecule has 0 aromatic carbocycles. The van der Waals surface area contributed by atoms with Gasteiger partial charge in [-0.3, -0.25) is 4.79 Å². The SMILES string of the molecule is CCCCCCCCCC/C=C/CCOC(=O)[C@@H]1CCC(=O)N1. The molecular weight excluding hydrogens is 290 g/mol. The van der Waals surface area contributed by atoms with Crippen molar-refractivity contribution in [3.8, 4) is 0 Å². The van der Waals surface area contributed by atoms with E-state index in [1.807, 2.05) is 0 Å². The maximum atomic E-state index is 11.6. The van der Waals surface area contributed by atoms with E-state index in [4.69, 9.17) is 4.74 Å². The van der Waals surface area contributed by atoms with Crippen molar-refractivity contribution in [2.24, 2.45) is 0 Å². The molecule has 1 aliphatic heterocycles. The second-order valence-corrected chi connectivity index (χ2v) is 6.35. The largest absolute Gasteiger partial charge is 0.464 e. The smallest absolute Gasteiger partial charge is 0.328 e. The van der Waals surface area contributed by atoms with Crippen LogP contribution in [0.3, 0.4) is 0 Å². The molecule has 0 bridgehead atoms. The summed E-state index contributed by atoms with van der Waals surface area (Å²) in [6, 6.07) is -0.427. The Bertz CT molecular complexity index is 366. The minimum absolute atomic E-state index is 0.0581. The van der Waals surface area contributed by atoms with Crippen molar-refractivity contribution >= 4 is 11.9 Å². The molecular formula is C19H33NO3. The maximum absolute atomic E-state index is 11.6. The summed E-state index contributed by atoms with van der Waals surface area (Å²) in [4.78, 5) is 22.6. The van der Waals surface area contributed by atoms with Gasteiger partial charge in [0.05, 0.1) is 6.61 Å². The molecule has 4 heteroatoms. The summed E-state index contributed by atoms with van der Waals surface area (Å²) in [6.07, 6.45) is 17.9. The van der Waals surface area contributed by atoms with Gasteiger partial charge in [-0.05, 0) is 25.7 Å². The van der Waals surface area contributed by atoms with Gasteiger partial charge in [-0.1, -0.05) is 64.0 Å². The van der Waals surface area contributed by atoms with E-state index in [9.17, 15) is 9.59 Å². The van der Waals surface area contributed by atoms with E-state index in [-0.39, 0.29) is 11.9 Å². The Morgan fingerprint density at radius 1 is 1.09 bits per heavy atom. The first kappa shape index (κ1) is 19.7. The van der Waals surface area contributed by atoms with Crippen LogP contribution in [0, 0.1) is 0 Å². The van der Waals surface area contributed by atoms with Crippen molar-refractivity contribution in [3.63, 3.8) is 0 Å². The number of allylic oxidation sites excluding steroid dienone is 1. The van der Waals surface area contributed by atoms with Crippen LogP contribution in [0.5, 0.6) is 0 Å². The van der Waals surface area contributed by atoms with Gasteiger partial charge in [0.2, 0.25) is 5.91 Å². The van der Waals surface area contributed by atoms with Gasteiger partial charge in [-0.2, -0.15) is 0 Å². The van der Waals surface area contributed by atoms with Crippen LogP contribution < -0.4 is 5.32 Å². The Kier molecular flexibility index (Phi) is 11.3. The highest BCUT2D eigenvalue weighted by Gasteiger charge is 2.28. The van der Waals surface area contributed by atoms with Crippen molar-refractivity contribution in [1.82, 2.24) is 5.32 Å². The van der Waals surface area contributed by atoms with E-state index in [1.54, 1.807) is 0 Å². The fourth-order valence-electron chi connectivity index (χ4n) is 2.75. The molecule has 0 radical (unpaired) electrons. The average Bonchev–Trinajstić information content (AvgIpc) is 2.98. The van der Waals surface area contributed by atoms with Crippen molar-refractivity contribution < 1.29 is 14.3 Å². The summed E-state index contributed by atoms with van der Waals surface area (Å²) < 4.78 is 5.16. The third-order valence-electron chi connectivity index (χ3n) is 4.20. The van der Waals surface area contributed by atoms with Crippen LogP contribution >= 0.6 is 0 Å². The third kappa shape index (κ3) is 10.1. The molecule has 0 spiro atoms. The van der Waals surface area contributed by atoms with Gasteiger partial charge in [0.1, 0.15) is 6.04 Å². The summed E-state index contributed by atoms with van der Waals surface area (Å²) in [5.41, 5.74) is 0. The van der Waals surface area contributed by atoms with Crippen LogP contribution in [0.2, 0.25) is 0 Å². The quantitative estimate of drug-likeness (QED) is 0.312. The van der Waals surface area contributed by atoms with Crippen LogP contribution in [0.1, 0.15) is 84.0 Å². The highest BCUT2D eigenvalue weighted by molar-refractivity contribution is 5.87. The van der Waals surface area contributed by atoms with Crippen LogP contribution in [0.25, 0.3) is 0 Å². The summed E-state index contributed by atoms with van der Waals surface area (Å²) in [5.74, 6) is -0.357. The zero-order valence-electron chi connectivity index (χ0n) is 14.6. The lowest BCUT2D eigenvalue weighted by atomic mass is 10.1. The number of amides is 1. The molecule has 132 valence electrons. The second-order valence-electron chi connectivity index (χ2n) is 6.35. The number of carbonyl (C=O) groups is 2. The van der Waals surface area contributed by atoms with Gasteiger partial charge in [0.15, 0.2) is 0 Å². The van der Waals surface area contributed by atoms with Gasteiger partial charge in [-0.25, -0.2) is 4.79 Å². The Morgan fingerprint density at radius 3 is 2.39 bits per heavy atom. The van der Waals surface area contributed by atoms with Gasteiger partial charge in [0, 0.05) is 6.42 Å². The van der Waals surface area contributed by atoms with Crippen LogP contribution in [0.4, 0.5) is 0 Å². The number of rotatable bonds is 13. The Hall–Kier alpha value is -1.32. The number of hydrogen-bond acceptors (Lipinski definition) is 3. The second kappa shape index (κ2) is 13.1. The molecule has 1 N–H and O–H groups in total. The van der Waals surface area contributed by atoms with E-state index in [0.717, 1.165) is 12.8 Å². The number of carbonyl (C=O) groups excluding carboxylic acids is 2. The average molecular weight is 323 g/mol. The summed E-state index contributed by atoms with van der Waals surface area (Å²) in [6.45, 7) is 2.65. The molecule has 0 saturated carbocycles. The zero-order chi connectivity index (χ0) is 16.8. The first-order chi connectivity index (χ1) is 11.2. The summed E-state index contributed by atoms with van der Waals surface area (Å²) >= 11 is 0. The molecule has 0 aromatic heterocycles. The number of esters is 1. The molecule has 0 aromatic rings. The highest BCUT2D eigenvalue weighted by Crippen LogP contribution is 2.10. The standard InChI is InChI=1S/C19H33NO3/c1-2-3-4-5-6-7-8-9-10-11-12-13-16-23-19(22)17-14-15-18(21)20-17/h11-12,17H,2-10,13-16H2,1H3,(H,20,21)/b12-11+/t17-/m0/s1. The molecule has 0 unspecified atom stereocenters. The normalized spacial score (nSPS) is 17.6. The third-order valence-corrected chi connectivity index (χ3v) is 4.20. The van der Waals surface area contributed by atoms with E-state index in [2.05, 4.69) is 24.4 Å². The van der Waals surface area contributed by atoms with Crippen molar-refractivity contribution in [3.05, 3.63) is 12.2 Å². The molecule has 1 aliphatic rings. The van der Waals surface area contributed by atoms with E-state index < -0.39 is 6.04 Å². The molecule has 1 saturated heterocycles. The summed E-state index contributed by atoms with van der Waals surface area (Å²) in [5, 5.41) is 2.62. The minimum atomic E-state index is -0.427. The molecule has 1 amide bonds. The molecule has 23 heavy (non-hydrogen) atoms. The van der Waals surface area contributed by atoms with E-state index >= 15 is 0 Å². The van der Waals surface area contributed by atoms with Gasteiger partial charge >= 0.3 is 5.97 Å². The van der Waals surface area contributed by atoms with Crippen molar-refractivity contribution in [2.45, 2.75) is 90.0 Å². The number of hydrogen-bond donors (Lipinski definition) is 1. The molecule has 1 atom stereocenters.